The average molecular weight is 416 g/mol. The van der Waals surface area contributed by atoms with Crippen LogP contribution in [0.15, 0.2) is 54.6 Å². The number of hydrogen-bond donors (Lipinski definition) is 1. The molecule has 2 amide bonds. The summed E-state index contributed by atoms with van der Waals surface area (Å²) in [5, 5.41) is 4.37. The maximum Gasteiger partial charge on any atom is 0.256 e. The quantitative estimate of drug-likeness (QED) is 0.653. The highest BCUT2D eigenvalue weighted by atomic mass is 16.2. The molecule has 160 valence electrons. The summed E-state index contributed by atoms with van der Waals surface area (Å²) in [7, 11) is 0. The standard InChI is InChI=1S/C26H29N3O2/c1-2-16-28-24(25(30)27-19-11-4-3-5-12-19)23-17-18-10-6-8-14-21(18)29(23)22-15-9-7-13-20(22)26(28)31/h6-10,13-15,17,19,24H,2-5,11-12,16H2,1H3,(H,27,30). The SMILES string of the molecule is CCCN1C(=O)c2ccccc2-n2c(cc3ccccc32)C1C(=O)NC1CCCCC1. The van der Waals surface area contributed by atoms with Gasteiger partial charge in [-0.25, -0.2) is 0 Å². The van der Waals surface area contributed by atoms with E-state index in [1.165, 1.54) is 6.42 Å². The third kappa shape index (κ3) is 3.42. The van der Waals surface area contributed by atoms with Gasteiger partial charge in [0.05, 0.1) is 22.5 Å². The van der Waals surface area contributed by atoms with Gasteiger partial charge in [-0.1, -0.05) is 56.5 Å². The Morgan fingerprint density at radius 1 is 1.03 bits per heavy atom. The largest absolute Gasteiger partial charge is 0.351 e. The predicted molar refractivity (Wildman–Crippen MR) is 122 cm³/mol. The third-order valence-corrected chi connectivity index (χ3v) is 6.63. The fourth-order valence-corrected chi connectivity index (χ4v) is 5.20. The van der Waals surface area contributed by atoms with Crippen LogP contribution in [0.3, 0.4) is 0 Å². The predicted octanol–water partition coefficient (Wildman–Crippen LogP) is 4.99. The van der Waals surface area contributed by atoms with Crippen molar-refractivity contribution in [3.05, 3.63) is 65.9 Å². The van der Waals surface area contributed by atoms with E-state index in [2.05, 4.69) is 35.0 Å². The Morgan fingerprint density at radius 2 is 1.77 bits per heavy atom. The maximum absolute atomic E-state index is 13.7. The molecule has 31 heavy (non-hydrogen) atoms. The lowest BCUT2D eigenvalue weighted by molar-refractivity contribution is -0.127. The molecule has 0 spiro atoms. The van der Waals surface area contributed by atoms with Gasteiger partial charge in [0.2, 0.25) is 5.91 Å². The zero-order valence-electron chi connectivity index (χ0n) is 18.0. The Hall–Kier alpha value is -3.08. The summed E-state index contributed by atoms with van der Waals surface area (Å²) in [6, 6.07) is 17.5. The first-order valence-electron chi connectivity index (χ1n) is 11.5. The molecule has 5 nitrogen and oxygen atoms in total. The number of hydrogen-bond acceptors (Lipinski definition) is 2. The number of amides is 2. The van der Waals surface area contributed by atoms with Gasteiger partial charge in [0, 0.05) is 18.0 Å². The van der Waals surface area contributed by atoms with Gasteiger partial charge in [0.1, 0.15) is 0 Å². The minimum Gasteiger partial charge on any atom is -0.351 e. The van der Waals surface area contributed by atoms with Crippen LogP contribution in [0.2, 0.25) is 0 Å². The Kier molecular flexibility index (Phi) is 5.26. The summed E-state index contributed by atoms with van der Waals surface area (Å²) in [6.07, 6.45) is 6.37. The minimum atomic E-state index is -0.644. The maximum atomic E-state index is 13.7. The van der Waals surface area contributed by atoms with Crippen molar-refractivity contribution in [3.63, 3.8) is 0 Å². The second kappa shape index (κ2) is 8.22. The molecule has 1 unspecified atom stereocenters. The van der Waals surface area contributed by atoms with Gasteiger partial charge in [0.15, 0.2) is 6.04 Å². The lowest BCUT2D eigenvalue weighted by Gasteiger charge is -2.31. The molecule has 2 aliphatic rings. The van der Waals surface area contributed by atoms with E-state index >= 15 is 0 Å². The van der Waals surface area contributed by atoms with E-state index in [0.717, 1.165) is 54.4 Å². The van der Waals surface area contributed by atoms with Crippen LogP contribution in [0.4, 0.5) is 0 Å². The minimum absolute atomic E-state index is 0.0643. The number of rotatable bonds is 4. The Bertz CT molecular complexity index is 1130. The summed E-state index contributed by atoms with van der Waals surface area (Å²) < 4.78 is 2.11. The highest BCUT2D eigenvalue weighted by Crippen LogP contribution is 2.37. The molecule has 2 heterocycles. The van der Waals surface area contributed by atoms with Gasteiger partial charge >= 0.3 is 0 Å². The number of para-hydroxylation sites is 2. The van der Waals surface area contributed by atoms with Crippen LogP contribution in [-0.4, -0.2) is 33.9 Å². The summed E-state index contributed by atoms with van der Waals surface area (Å²) in [4.78, 5) is 29.2. The molecule has 1 aliphatic carbocycles. The first-order chi connectivity index (χ1) is 15.2. The molecular formula is C26H29N3O2. The van der Waals surface area contributed by atoms with E-state index in [-0.39, 0.29) is 17.9 Å². The van der Waals surface area contributed by atoms with Crippen LogP contribution in [-0.2, 0) is 4.79 Å². The number of benzene rings is 2. The van der Waals surface area contributed by atoms with Crippen molar-refractivity contribution in [3.8, 4) is 5.69 Å². The summed E-state index contributed by atoms with van der Waals surface area (Å²) in [5.41, 5.74) is 3.37. The molecule has 0 bridgehead atoms. The third-order valence-electron chi connectivity index (χ3n) is 6.63. The molecular weight excluding hydrogens is 386 g/mol. The van der Waals surface area contributed by atoms with Gasteiger partial charge < -0.3 is 14.8 Å². The van der Waals surface area contributed by atoms with Crippen molar-refractivity contribution in [1.82, 2.24) is 14.8 Å². The molecule has 2 aromatic carbocycles. The molecule has 1 aliphatic heterocycles. The lowest BCUT2D eigenvalue weighted by atomic mass is 9.95. The molecule has 1 aromatic heterocycles. The van der Waals surface area contributed by atoms with Crippen molar-refractivity contribution in [2.24, 2.45) is 0 Å². The zero-order valence-corrected chi connectivity index (χ0v) is 18.0. The van der Waals surface area contributed by atoms with Gasteiger partial charge in [-0.05, 0) is 43.5 Å². The molecule has 1 N–H and O–H groups in total. The molecule has 1 atom stereocenters. The van der Waals surface area contributed by atoms with Crippen molar-refractivity contribution in [1.29, 1.82) is 0 Å². The van der Waals surface area contributed by atoms with Gasteiger partial charge in [-0.2, -0.15) is 0 Å². The molecule has 1 fully saturated rings. The van der Waals surface area contributed by atoms with Gasteiger partial charge in [-0.3, -0.25) is 9.59 Å². The van der Waals surface area contributed by atoms with Crippen molar-refractivity contribution < 1.29 is 9.59 Å². The number of nitrogens with one attached hydrogen (secondary N) is 1. The van der Waals surface area contributed by atoms with E-state index in [9.17, 15) is 9.59 Å². The second-order valence-corrected chi connectivity index (χ2v) is 8.73. The van der Waals surface area contributed by atoms with Crippen LogP contribution in [0.25, 0.3) is 16.6 Å². The van der Waals surface area contributed by atoms with Crippen molar-refractivity contribution >= 4 is 22.7 Å². The zero-order chi connectivity index (χ0) is 21.4. The highest BCUT2D eigenvalue weighted by molar-refractivity contribution is 6.03. The molecule has 0 radical (unpaired) electrons. The smallest absolute Gasteiger partial charge is 0.256 e. The first-order valence-corrected chi connectivity index (χ1v) is 11.5. The number of fused-ring (bicyclic) bond motifs is 5. The monoisotopic (exact) mass is 415 g/mol. The Balaban J connectivity index is 1.69. The number of aromatic nitrogens is 1. The van der Waals surface area contributed by atoms with Crippen LogP contribution in [0.1, 0.15) is 67.5 Å². The number of nitrogens with zero attached hydrogens (tertiary/aromatic N) is 2. The average Bonchev–Trinajstić information content (AvgIpc) is 3.13. The summed E-state index contributed by atoms with van der Waals surface area (Å²) in [6.45, 7) is 2.59. The van der Waals surface area contributed by atoms with Gasteiger partial charge in [0.25, 0.3) is 5.91 Å². The van der Waals surface area contributed by atoms with Crippen LogP contribution >= 0.6 is 0 Å². The van der Waals surface area contributed by atoms with Gasteiger partial charge in [-0.15, -0.1) is 0 Å². The van der Waals surface area contributed by atoms with Crippen molar-refractivity contribution in [2.75, 3.05) is 6.54 Å². The fourth-order valence-electron chi connectivity index (χ4n) is 5.20. The topological polar surface area (TPSA) is 54.3 Å². The Morgan fingerprint density at radius 3 is 2.58 bits per heavy atom. The van der Waals surface area contributed by atoms with Crippen molar-refractivity contribution in [2.45, 2.75) is 57.5 Å². The van der Waals surface area contributed by atoms with Crippen LogP contribution in [0.5, 0.6) is 0 Å². The first kappa shape index (κ1) is 19.9. The molecule has 3 aromatic rings. The number of carbonyl (C=O) groups excluding carboxylic acids is 2. The molecule has 1 saturated carbocycles. The fraction of sp³-hybridized carbons (Fsp3) is 0.385. The van der Waals surface area contributed by atoms with E-state index in [0.29, 0.717) is 12.1 Å². The summed E-state index contributed by atoms with van der Waals surface area (Å²) >= 11 is 0. The van der Waals surface area contributed by atoms with E-state index in [4.69, 9.17) is 0 Å². The second-order valence-electron chi connectivity index (χ2n) is 8.73. The molecule has 0 saturated heterocycles. The van der Waals surface area contributed by atoms with E-state index < -0.39 is 6.04 Å². The van der Waals surface area contributed by atoms with E-state index in [1.54, 1.807) is 4.90 Å². The normalized spacial score (nSPS) is 19.1. The number of carbonyl (C=O) groups is 2. The lowest BCUT2D eigenvalue weighted by Crippen LogP contribution is -2.47. The summed E-state index contributed by atoms with van der Waals surface area (Å²) in [5.74, 6) is -0.139. The molecule has 5 rings (SSSR count). The molecule has 5 heteroatoms. The Labute approximate surface area is 183 Å². The van der Waals surface area contributed by atoms with E-state index in [1.807, 2.05) is 36.4 Å². The van der Waals surface area contributed by atoms with Crippen LogP contribution in [0, 0.1) is 0 Å². The van der Waals surface area contributed by atoms with Crippen LogP contribution < -0.4 is 5.32 Å². The highest BCUT2D eigenvalue weighted by Gasteiger charge is 2.39.